The number of carbonyl (C=O) groups is 2. The van der Waals surface area contributed by atoms with Gasteiger partial charge in [0.25, 0.3) is 0 Å². The van der Waals surface area contributed by atoms with Gasteiger partial charge in [0.2, 0.25) is 0 Å². The fourth-order valence-corrected chi connectivity index (χ4v) is 2.74. The molecule has 1 heterocycles. The lowest BCUT2D eigenvalue weighted by Gasteiger charge is -2.34. The zero-order valence-corrected chi connectivity index (χ0v) is 13.6. The van der Waals surface area contributed by atoms with E-state index in [1.807, 2.05) is 13.8 Å². The molecule has 2 atom stereocenters. The highest BCUT2D eigenvalue weighted by Crippen LogP contribution is 2.18. The minimum absolute atomic E-state index is 0.0715. The largest absolute Gasteiger partial charge is 0.480 e. The molecule has 2 amide bonds. The average Bonchev–Trinajstić information content (AvgIpc) is 2.43. The molecule has 1 aliphatic rings. The van der Waals surface area contributed by atoms with E-state index in [2.05, 4.69) is 24.3 Å². The van der Waals surface area contributed by atoms with Crippen LogP contribution < -0.4 is 5.32 Å². The Morgan fingerprint density at radius 2 is 1.90 bits per heavy atom. The predicted molar refractivity (Wildman–Crippen MR) is 82.3 cm³/mol. The topological polar surface area (TPSA) is 72.9 Å². The second-order valence-electron chi connectivity index (χ2n) is 6.34. The van der Waals surface area contributed by atoms with Crippen molar-refractivity contribution in [2.75, 3.05) is 33.7 Å². The molecular weight excluding hydrogens is 270 g/mol. The number of nitrogens with zero attached hydrogens (tertiary/aromatic N) is 2. The summed E-state index contributed by atoms with van der Waals surface area (Å²) in [6.07, 6.45) is 2.68. The third kappa shape index (κ3) is 5.53. The van der Waals surface area contributed by atoms with Crippen LogP contribution in [0.4, 0.5) is 4.79 Å². The van der Waals surface area contributed by atoms with Crippen molar-refractivity contribution in [3.63, 3.8) is 0 Å². The molecule has 0 aromatic rings. The molecule has 0 saturated carbocycles. The fraction of sp³-hybridized carbons (Fsp3) is 0.867. The minimum Gasteiger partial charge on any atom is -0.480 e. The number of aliphatic carboxylic acids is 1. The Morgan fingerprint density at radius 1 is 1.33 bits per heavy atom. The number of rotatable bonds is 6. The van der Waals surface area contributed by atoms with Gasteiger partial charge in [-0.2, -0.15) is 0 Å². The third-order valence-electron chi connectivity index (χ3n) is 4.28. The number of nitrogens with one attached hydrogen (secondary N) is 1. The van der Waals surface area contributed by atoms with Crippen LogP contribution in [0.5, 0.6) is 0 Å². The highest BCUT2D eigenvalue weighted by Gasteiger charge is 2.29. The van der Waals surface area contributed by atoms with Gasteiger partial charge in [-0.05, 0) is 38.8 Å². The van der Waals surface area contributed by atoms with Crippen molar-refractivity contribution in [3.8, 4) is 0 Å². The predicted octanol–water partition coefficient (Wildman–Crippen LogP) is 1.47. The SMILES string of the molecule is CCC(C)C(NC(=O)N1CCC(CN(C)C)CC1)C(=O)O. The van der Waals surface area contributed by atoms with Crippen LogP contribution in [0.2, 0.25) is 0 Å². The summed E-state index contributed by atoms with van der Waals surface area (Å²) in [6, 6.07) is -1.05. The number of hydrogen-bond donors (Lipinski definition) is 2. The summed E-state index contributed by atoms with van der Waals surface area (Å²) in [5.41, 5.74) is 0. The molecule has 1 fully saturated rings. The van der Waals surface area contributed by atoms with Crippen LogP contribution in [0.15, 0.2) is 0 Å². The lowest BCUT2D eigenvalue weighted by Crippen LogP contribution is -2.52. The van der Waals surface area contributed by atoms with Crippen molar-refractivity contribution in [2.24, 2.45) is 11.8 Å². The van der Waals surface area contributed by atoms with Crippen molar-refractivity contribution in [1.82, 2.24) is 15.1 Å². The second-order valence-corrected chi connectivity index (χ2v) is 6.34. The van der Waals surface area contributed by atoms with Crippen LogP contribution in [-0.2, 0) is 4.79 Å². The van der Waals surface area contributed by atoms with E-state index < -0.39 is 12.0 Å². The normalized spacial score (nSPS) is 19.4. The van der Waals surface area contributed by atoms with Crippen molar-refractivity contribution < 1.29 is 14.7 Å². The van der Waals surface area contributed by atoms with Crippen molar-refractivity contribution in [3.05, 3.63) is 0 Å². The molecule has 122 valence electrons. The van der Waals surface area contributed by atoms with Crippen molar-refractivity contribution in [2.45, 2.75) is 39.2 Å². The summed E-state index contributed by atoms with van der Waals surface area (Å²) in [5.74, 6) is -0.410. The molecule has 1 rings (SSSR count). The summed E-state index contributed by atoms with van der Waals surface area (Å²) < 4.78 is 0. The molecule has 21 heavy (non-hydrogen) atoms. The fourth-order valence-electron chi connectivity index (χ4n) is 2.74. The molecular formula is C15H29N3O3. The molecule has 0 aliphatic carbocycles. The van der Waals surface area contributed by atoms with E-state index in [1.165, 1.54) is 0 Å². The first-order valence-corrected chi connectivity index (χ1v) is 7.78. The highest BCUT2D eigenvalue weighted by molar-refractivity contribution is 5.82. The Morgan fingerprint density at radius 3 is 2.33 bits per heavy atom. The van der Waals surface area contributed by atoms with E-state index in [0.29, 0.717) is 19.0 Å². The van der Waals surface area contributed by atoms with Gasteiger partial charge in [0.1, 0.15) is 6.04 Å². The number of likely N-dealkylation sites (tertiary alicyclic amines) is 1. The van der Waals surface area contributed by atoms with Crippen LogP contribution in [0, 0.1) is 11.8 Å². The molecule has 0 radical (unpaired) electrons. The number of carboxylic acid groups (broad SMARTS) is 1. The van der Waals surface area contributed by atoms with E-state index in [-0.39, 0.29) is 11.9 Å². The summed E-state index contributed by atoms with van der Waals surface area (Å²) in [4.78, 5) is 27.4. The molecule has 0 spiro atoms. The maximum absolute atomic E-state index is 12.2. The first-order chi connectivity index (χ1) is 9.85. The molecule has 1 aliphatic heterocycles. The van der Waals surface area contributed by atoms with Crippen LogP contribution in [0.25, 0.3) is 0 Å². The first kappa shape index (κ1) is 17.8. The molecule has 2 N–H and O–H groups in total. The van der Waals surface area contributed by atoms with Gasteiger partial charge in [0.15, 0.2) is 0 Å². The molecule has 0 aromatic carbocycles. The number of carboxylic acids is 1. The van der Waals surface area contributed by atoms with Crippen molar-refractivity contribution in [1.29, 1.82) is 0 Å². The monoisotopic (exact) mass is 299 g/mol. The van der Waals surface area contributed by atoms with Gasteiger partial charge >= 0.3 is 12.0 Å². The standard InChI is InChI=1S/C15H29N3O3/c1-5-11(2)13(14(19)20)16-15(21)18-8-6-12(7-9-18)10-17(3)4/h11-13H,5-10H2,1-4H3,(H,16,21)(H,19,20). The minimum atomic E-state index is -0.958. The Labute approximate surface area is 127 Å². The van der Waals surface area contributed by atoms with Crippen LogP contribution >= 0.6 is 0 Å². The molecule has 6 heteroatoms. The van der Waals surface area contributed by atoms with Gasteiger partial charge in [-0.15, -0.1) is 0 Å². The average molecular weight is 299 g/mol. The Hall–Kier alpha value is -1.30. The molecule has 0 aromatic heterocycles. The third-order valence-corrected chi connectivity index (χ3v) is 4.28. The quantitative estimate of drug-likeness (QED) is 0.779. The van der Waals surface area contributed by atoms with Gasteiger partial charge < -0.3 is 20.2 Å². The molecule has 2 unspecified atom stereocenters. The van der Waals surface area contributed by atoms with Gasteiger partial charge in [-0.25, -0.2) is 9.59 Å². The number of urea groups is 1. The smallest absolute Gasteiger partial charge is 0.326 e. The zero-order valence-electron chi connectivity index (χ0n) is 13.6. The summed E-state index contributed by atoms with van der Waals surface area (Å²) in [5, 5.41) is 11.9. The molecule has 1 saturated heterocycles. The highest BCUT2D eigenvalue weighted by atomic mass is 16.4. The van der Waals surface area contributed by atoms with E-state index in [1.54, 1.807) is 4.90 Å². The number of hydrogen-bond acceptors (Lipinski definition) is 3. The van der Waals surface area contributed by atoms with Gasteiger partial charge in [-0.1, -0.05) is 20.3 Å². The van der Waals surface area contributed by atoms with Crippen molar-refractivity contribution >= 4 is 12.0 Å². The van der Waals surface area contributed by atoms with E-state index in [4.69, 9.17) is 0 Å². The van der Waals surface area contributed by atoms with E-state index in [0.717, 1.165) is 25.8 Å². The summed E-state index contributed by atoms with van der Waals surface area (Å²) >= 11 is 0. The Kier molecular flexibility index (Phi) is 6.95. The number of amides is 2. The lowest BCUT2D eigenvalue weighted by atomic mass is 9.96. The molecule has 6 nitrogen and oxygen atoms in total. The van der Waals surface area contributed by atoms with Gasteiger partial charge in [0, 0.05) is 19.6 Å². The summed E-state index contributed by atoms with van der Waals surface area (Å²) in [6.45, 7) is 6.23. The van der Waals surface area contributed by atoms with E-state index >= 15 is 0 Å². The first-order valence-electron chi connectivity index (χ1n) is 7.78. The van der Waals surface area contributed by atoms with Gasteiger partial charge in [-0.3, -0.25) is 0 Å². The zero-order chi connectivity index (χ0) is 16.0. The Bertz CT molecular complexity index is 352. The summed E-state index contributed by atoms with van der Waals surface area (Å²) in [7, 11) is 4.12. The Balaban J connectivity index is 2.48. The van der Waals surface area contributed by atoms with E-state index in [9.17, 15) is 14.7 Å². The van der Waals surface area contributed by atoms with Crippen LogP contribution in [-0.4, -0.2) is 66.7 Å². The maximum atomic E-state index is 12.2. The number of carbonyl (C=O) groups excluding carboxylic acids is 1. The number of piperidine rings is 1. The van der Waals surface area contributed by atoms with Gasteiger partial charge in [0.05, 0.1) is 0 Å². The lowest BCUT2D eigenvalue weighted by molar-refractivity contribution is -0.140. The van der Waals surface area contributed by atoms with Crippen LogP contribution in [0.3, 0.4) is 0 Å². The molecule has 0 bridgehead atoms. The second kappa shape index (κ2) is 8.22. The van der Waals surface area contributed by atoms with Crippen LogP contribution in [0.1, 0.15) is 33.1 Å². The maximum Gasteiger partial charge on any atom is 0.326 e.